The van der Waals surface area contributed by atoms with Crippen molar-refractivity contribution in [1.29, 1.82) is 5.26 Å². The van der Waals surface area contributed by atoms with Crippen molar-refractivity contribution in [2.75, 3.05) is 6.54 Å². The molecule has 2 saturated heterocycles. The van der Waals surface area contributed by atoms with Crippen molar-refractivity contribution in [3.05, 3.63) is 24.3 Å². The predicted molar refractivity (Wildman–Crippen MR) is 140 cm³/mol. The van der Waals surface area contributed by atoms with Crippen LogP contribution in [0.25, 0.3) is 0 Å². The Bertz CT molecular complexity index is 1200. The molecular weight excluding hydrogens is 498 g/mol. The Morgan fingerprint density at radius 3 is 2.46 bits per heavy atom. The summed E-state index contributed by atoms with van der Waals surface area (Å²) < 4.78 is 0. The van der Waals surface area contributed by atoms with Crippen LogP contribution in [-0.2, 0) is 14.4 Å². The van der Waals surface area contributed by atoms with Crippen molar-refractivity contribution in [3.8, 4) is 6.07 Å². The van der Waals surface area contributed by atoms with E-state index in [1.54, 1.807) is 4.90 Å². The fourth-order valence-electron chi connectivity index (χ4n) is 6.34. The van der Waals surface area contributed by atoms with Crippen LogP contribution in [0.2, 0.25) is 0 Å². The number of nitrogens with one attached hydrogen (secondary N) is 3. The fraction of sp³-hybridized carbons (Fsp3) is 0.679. The van der Waals surface area contributed by atoms with Gasteiger partial charge in [-0.25, -0.2) is 4.98 Å². The molecule has 2 aliphatic carbocycles. The molecule has 4 amide bonds. The second-order valence-electron chi connectivity index (χ2n) is 13.0. The van der Waals surface area contributed by atoms with Gasteiger partial charge in [0.2, 0.25) is 17.7 Å². The zero-order chi connectivity index (χ0) is 28.0. The number of carbonyl (C=O) groups is 4. The molecule has 11 nitrogen and oxygen atoms in total. The Morgan fingerprint density at radius 2 is 1.92 bits per heavy atom. The molecule has 0 radical (unpaired) electrons. The van der Waals surface area contributed by atoms with Gasteiger partial charge in [0.1, 0.15) is 23.8 Å². The summed E-state index contributed by atoms with van der Waals surface area (Å²) in [4.78, 5) is 62.6. The lowest BCUT2D eigenvalue weighted by Gasteiger charge is -2.39. The summed E-state index contributed by atoms with van der Waals surface area (Å²) in [5.74, 6) is -1.59. The van der Waals surface area contributed by atoms with E-state index in [0.717, 1.165) is 32.1 Å². The Hall–Kier alpha value is -3.55. The highest BCUT2D eigenvalue weighted by Gasteiger charge is 2.55. The van der Waals surface area contributed by atoms with Crippen molar-refractivity contribution in [2.45, 2.75) is 95.8 Å². The van der Waals surface area contributed by atoms with Crippen LogP contribution in [0, 0.1) is 28.1 Å². The van der Waals surface area contributed by atoms with Gasteiger partial charge in [-0.3, -0.25) is 24.2 Å². The van der Waals surface area contributed by atoms with Gasteiger partial charge in [-0.2, -0.15) is 5.26 Å². The highest BCUT2D eigenvalue weighted by atomic mass is 16.2. The van der Waals surface area contributed by atoms with Crippen LogP contribution in [0.15, 0.2) is 18.6 Å². The number of hydrogen-bond donors (Lipinski definition) is 3. The first kappa shape index (κ1) is 27.0. The summed E-state index contributed by atoms with van der Waals surface area (Å²) in [6, 6.07) is -0.329. The van der Waals surface area contributed by atoms with Crippen molar-refractivity contribution in [2.24, 2.45) is 16.7 Å². The largest absolute Gasteiger partial charge is 0.350 e. The Balaban J connectivity index is 1.31. The molecule has 4 aliphatic rings. The monoisotopic (exact) mass is 535 g/mol. The summed E-state index contributed by atoms with van der Waals surface area (Å²) in [6.45, 7) is 6.02. The molecule has 0 unspecified atom stereocenters. The molecule has 208 valence electrons. The fourth-order valence-corrected chi connectivity index (χ4v) is 6.34. The van der Waals surface area contributed by atoms with Crippen LogP contribution >= 0.6 is 0 Å². The van der Waals surface area contributed by atoms with E-state index in [1.165, 1.54) is 18.6 Å². The third-order valence-corrected chi connectivity index (χ3v) is 8.93. The van der Waals surface area contributed by atoms with E-state index in [0.29, 0.717) is 19.4 Å². The molecule has 39 heavy (non-hydrogen) atoms. The summed E-state index contributed by atoms with van der Waals surface area (Å²) in [7, 11) is 0. The molecule has 2 saturated carbocycles. The first-order valence-corrected chi connectivity index (χ1v) is 13.8. The quantitative estimate of drug-likeness (QED) is 0.477. The Kier molecular flexibility index (Phi) is 6.85. The number of hydrogen-bond acceptors (Lipinski definition) is 7. The highest BCUT2D eigenvalue weighted by molar-refractivity contribution is 5.97. The minimum absolute atomic E-state index is 0.0556. The van der Waals surface area contributed by atoms with Crippen molar-refractivity contribution >= 4 is 23.6 Å². The first-order valence-electron chi connectivity index (χ1n) is 13.8. The number of carbonyl (C=O) groups excluding carboxylic acids is 4. The topological polar surface area (TPSA) is 157 Å². The van der Waals surface area contributed by atoms with Crippen LogP contribution in [0.5, 0.6) is 0 Å². The predicted octanol–water partition coefficient (Wildman–Crippen LogP) is 1.46. The number of rotatable bonds is 7. The highest BCUT2D eigenvalue weighted by Crippen LogP contribution is 2.51. The third kappa shape index (κ3) is 5.47. The van der Waals surface area contributed by atoms with Crippen LogP contribution in [0.4, 0.5) is 0 Å². The smallest absolute Gasteiger partial charge is 0.272 e. The van der Waals surface area contributed by atoms with Crippen LogP contribution in [0.3, 0.4) is 0 Å². The SMILES string of the molecule is CC(C)(C)[C@H](NC(=O)c1cnccn1)C(=O)N1CC2(CCC2)C[C@H]1C(=O)N[C@H](C#N)C[C@@H]1CC2(CC2)NC1=O. The van der Waals surface area contributed by atoms with Crippen LogP contribution < -0.4 is 16.0 Å². The molecule has 5 rings (SSSR count). The Morgan fingerprint density at radius 1 is 1.18 bits per heavy atom. The van der Waals surface area contributed by atoms with Crippen molar-refractivity contribution in [3.63, 3.8) is 0 Å². The average Bonchev–Trinajstić information content (AvgIpc) is 3.36. The van der Waals surface area contributed by atoms with Gasteiger partial charge >= 0.3 is 0 Å². The molecule has 0 aromatic carbocycles. The number of likely N-dealkylation sites (tertiary alicyclic amines) is 1. The first-order chi connectivity index (χ1) is 18.4. The molecule has 3 heterocycles. The lowest BCUT2D eigenvalue weighted by atomic mass is 9.67. The Labute approximate surface area is 228 Å². The van der Waals surface area contributed by atoms with Gasteiger partial charge in [0.05, 0.1) is 12.3 Å². The zero-order valence-electron chi connectivity index (χ0n) is 22.8. The number of nitrogens with zero attached hydrogens (tertiary/aromatic N) is 4. The lowest BCUT2D eigenvalue weighted by molar-refractivity contribution is -0.142. The molecule has 2 aliphatic heterocycles. The van der Waals surface area contributed by atoms with Gasteiger partial charge in [-0.15, -0.1) is 0 Å². The number of aromatic nitrogens is 2. The molecular formula is C28H37N7O4. The molecule has 2 spiro atoms. The van der Waals surface area contributed by atoms with Gasteiger partial charge in [0.25, 0.3) is 5.91 Å². The summed E-state index contributed by atoms with van der Waals surface area (Å²) >= 11 is 0. The van der Waals surface area contributed by atoms with E-state index in [4.69, 9.17) is 0 Å². The van der Waals surface area contributed by atoms with E-state index >= 15 is 0 Å². The molecule has 0 bridgehead atoms. The molecule has 1 aromatic rings. The van der Waals surface area contributed by atoms with Crippen molar-refractivity contribution in [1.82, 2.24) is 30.8 Å². The minimum atomic E-state index is -0.902. The molecule has 4 fully saturated rings. The van der Waals surface area contributed by atoms with Crippen LogP contribution in [0.1, 0.15) is 82.6 Å². The maximum absolute atomic E-state index is 14.0. The standard InChI is InChI=1S/C28H37N7O4/c1-26(2,3)21(33-23(37)19-15-30-9-10-31-19)25(39)35-16-27(5-4-6-27)13-20(35)24(38)32-18(14-29)11-17-12-28(7-8-28)34-22(17)36/h9-10,15,17-18,20-21H,4-8,11-13,16H2,1-3H3,(H,32,38)(H,33,37)(H,34,36)/t17-,18+,20+,21-/m1/s1. The molecule has 11 heteroatoms. The van der Waals surface area contributed by atoms with Gasteiger partial charge in [-0.1, -0.05) is 27.2 Å². The average molecular weight is 536 g/mol. The normalized spacial score (nSPS) is 25.8. The second kappa shape index (κ2) is 9.88. The molecule has 3 N–H and O–H groups in total. The van der Waals surface area contributed by atoms with E-state index in [2.05, 4.69) is 32.0 Å². The summed E-state index contributed by atoms with van der Waals surface area (Å²) in [5.41, 5.74) is -0.767. The van der Waals surface area contributed by atoms with E-state index in [9.17, 15) is 24.4 Å². The van der Waals surface area contributed by atoms with Gasteiger partial charge in [-0.05, 0) is 55.8 Å². The maximum Gasteiger partial charge on any atom is 0.272 e. The van der Waals surface area contributed by atoms with Gasteiger partial charge in [0.15, 0.2) is 0 Å². The minimum Gasteiger partial charge on any atom is -0.350 e. The second-order valence-corrected chi connectivity index (χ2v) is 13.0. The van der Waals surface area contributed by atoms with Gasteiger partial charge in [0, 0.05) is 30.4 Å². The number of nitriles is 1. The van der Waals surface area contributed by atoms with E-state index in [1.807, 2.05) is 20.8 Å². The molecule has 1 aromatic heterocycles. The van der Waals surface area contributed by atoms with Crippen LogP contribution in [-0.4, -0.2) is 68.7 Å². The van der Waals surface area contributed by atoms with Crippen molar-refractivity contribution < 1.29 is 19.2 Å². The zero-order valence-corrected chi connectivity index (χ0v) is 22.8. The third-order valence-electron chi connectivity index (χ3n) is 8.93. The lowest BCUT2D eigenvalue weighted by Crippen LogP contribution is -2.58. The maximum atomic E-state index is 14.0. The summed E-state index contributed by atoms with van der Waals surface area (Å²) in [6.07, 6.45) is 10.5. The summed E-state index contributed by atoms with van der Waals surface area (Å²) in [5, 5.41) is 18.5. The van der Waals surface area contributed by atoms with E-state index < -0.39 is 29.4 Å². The van der Waals surface area contributed by atoms with E-state index in [-0.39, 0.29) is 46.7 Å². The number of amides is 4. The van der Waals surface area contributed by atoms with Gasteiger partial charge < -0.3 is 20.9 Å². The molecule has 4 atom stereocenters.